The Hall–Kier alpha value is -1.49. The molecule has 0 aromatic carbocycles. The predicted octanol–water partition coefficient (Wildman–Crippen LogP) is 0.347. The maximum Gasteiger partial charge on any atom is 0.315 e. The van der Waals surface area contributed by atoms with Gasteiger partial charge in [0.05, 0.1) is 0 Å². The van der Waals surface area contributed by atoms with Crippen LogP contribution in [0.2, 0.25) is 5.22 Å². The van der Waals surface area contributed by atoms with Gasteiger partial charge in [-0.05, 0) is 23.7 Å². The van der Waals surface area contributed by atoms with Gasteiger partial charge in [0.25, 0.3) is 0 Å². The van der Waals surface area contributed by atoms with Crippen LogP contribution >= 0.6 is 11.6 Å². The third-order valence-corrected chi connectivity index (χ3v) is 1.22. The molecular weight excluding hydrogens is 182 g/mol. The van der Waals surface area contributed by atoms with Crippen molar-refractivity contribution in [2.24, 2.45) is 16.5 Å². The first-order valence-corrected chi connectivity index (χ1v) is 3.36. The van der Waals surface area contributed by atoms with Crippen molar-refractivity contribution in [3.63, 3.8) is 0 Å². The molecular formula is C6H6ClN3O2. The molecule has 0 saturated carbocycles. The van der Waals surface area contributed by atoms with Crippen molar-refractivity contribution >= 4 is 23.5 Å². The molecule has 0 fully saturated rings. The lowest BCUT2D eigenvalue weighted by molar-refractivity contribution is 0.0976. The molecule has 12 heavy (non-hydrogen) atoms. The number of guanidine groups is 1. The summed E-state index contributed by atoms with van der Waals surface area (Å²) in [4.78, 5) is 14.2. The highest BCUT2D eigenvalue weighted by molar-refractivity contribution is 6.29. The van der Waals surface area contributed by atoms with Gasteiger partial charge in [-0.1, -0.05) is 0 Å². The number of carbonyl (C=O) groups is 1. The fraction of sp³-hybridized carbons (Fsp3) is 0. The second-order valence-electron chi connectivity index (χ2n) is 1.95. The van der Waals surface area contributed by atoms with Gasteiger partial charge < -0.3 is 15.9 Å². The molecule has 0 spiro atoms. The van der Waals surface area contributed by atoms with Gasteiger partial charge >= 0.3 is 5.91 Å². The molecule has 0 unspecified atom stereocenters. The molecule has 0 radical (unpaired) electrons. The van der Waals surface area contributed by atoms with Crippen LogP contribution in [0.4, 0.5) is 0 Å². The number of carbonyl (C=O) groups excluding carboxylic acids is 1. The number of nitrogens with two attached hydrogens (primary N) is 2. The second kappa shape index (κ2) is 3.27. The van der Waals surface area contributed by atoms with Crippen LogP contribution in [0.1, 0.15) is 10.6 Å². The molecule has 0 aliphatic carbocycles. The zero-order valence-corrected chi connectivity index (χ0v) is 6.71. The highest BCUT2D eigenvalue weighted by atomic mass is 35.5. The van der Waals surface area contributed by atoms with Gasteiger partial charge in [-0.25, -0.2) is 0 Å². The number of nitrogens with zero attached hydrogens (tertiary/aromatic N) is 1. The Kier molecular flexibility index (Phi) is 2.35. The van der Waals surface area contributed by atoms with Crippen molar-refractivity contribution in [1.29, 1.82) is 0 Å². The molecule has 0 atom stereocenters. The van der Waals surface area contributed by atoms with Crippen LogP contribution < -0.4 is 11.5 Å². The monoisotopic (exact) mass is 187 g/mol. The van der Waals surface area contributed by atoms with E-state index in [4.69, 9.17) is 27.5 Å². The Morgan fingerprint density at radius 3 is 2.58 bits per heavy atom. The summed E-state index contributed by atoms with van der Waals surface area (Å²) in [6.45, 7) is 0. The lowest BCUT2D eigenvalue weighted by atomic mass is 10.4. The van der Waals surface area contributed by atoms with E-state index in [9.17, 15) is 4.79 Å². The van der Waals surface area contributed by atoms with Crippen LogP contribution in [0.3, 0.4) is 0 Å². The van der Waals surface area contributed by atoms with Gasteiger partial charge in [-0.15, -0.1) is 0 Å². The van der Waals surface area contributed by atoms with Crippen LogP contribution in [0.15, 0.2) is 21.5 Å². The molecule has 1 aromatic heterocycles. The molecule has 0 aliphatic heterocycles. The Labute approximate surface area is 73.0 Å². The van der Waals surface area contributed by atoms with E-state index in [0.717, 1.165) is 0 Å². The first kappa shape index (κ1) is 8.61. The van der Waals surface area contributed by atoms with Gasteiger partial charge in [0.15, 0.2) is 16.9 Å². The van der Waals surface area contributed by atoms with Gasteiger partial charge in [-0.2, -0.15) is 4.99 Å². The molecule has 64 valence electrons. The SMILES string of the molecule is NC(N)=NC(=O)c1ccc(Cl)o1. The minimum Gasteiger partial charge on any atom is -0.439 e. The molecule has 1 amide bonds. The molecule has 0 aliphatic rings. The van der Waals surface area contributed by atoms with E-state index >= 15 is 0 Å². The summed E-state index contributed by atoms with van der Waals surface area (Å²) in [6, 6.07) is 2.81. The fourth-order valence-electron chi connectivity index (χ4n) is 0.602. The fourth-order valence-corrected chi connectivity index (χ4v) is 0.748. The van der Waals surface area contributed by atoms with Crippen molar-refractivity contribution in [3.8, 4) is 0 Å². The Balaban J connectivity index is 2.86. The molecule has 6 heteroatoms. The summed E-state index contributed by atoms with van der Waals surface area (Å²) in [5, 5.41) is 0.115. The smallest absolute Gasteiger partial charge is 0.315 e. The van der Waals surface area contributed by atoms with Crippen LogP contribution in [0.25, 0.3) is 0 Å². The zero-order chi connectivity index (χ0) is 9.14. The lowest BCUT2D eigenvalue weighted by Gasteiger charge is -1.88. The third-order valence-electron chi connectivity index (χ3n) is 1.01. The normalized spacial score (nSPS) is 9.42. The maximum atomic E-state index is 11.0. The van der Waals surface area contributed by atoms with Crippen molar-refractivity contribution in [3.05, 3.63) is 23.1 Å². The molecule has 1 heterocycles. The maximum absolute atomic E-state index is 11.0. The van der Waals surface area contributed by atoms with E-state index in [1.807, 2.05) is 0 Å². The topological polar surface area (TPSA) is 94.6 Å². The Bertz CT molecular complexity index is 327. The summed E-state index contributed by atoms with van der Waals surface area (Å²) in [6.07, 6.45) is 0. The van der Waals surface area contributed by atoms with Crippen LogP contribution in [-0.4, -0.2) is 11.9 Å². The van der Waals surface area contributed by atoms with Crippen molar-refractivity contribution in [1.82, 2.24) is 0 Å². The highest BCUT2D eigenvalue weighted by Gasteiger charge is 2.08. The van der Waals surface area contributed by atoms with Gasteiger partial charge in [0.2, 0.25) is 0 Å². The lowest BCUT2D eigenvalue weighted by Crippen LogP contribution is -2.24. The van der Waals surface area contributed by atoms with Crippen molar-refractivity contribution in [2.75, 3.05) is 0 Å². The number of furan rings is 1. The molecule has 1 rings (SSSR count). The highest BCUT2D eigenvalue weighted by Crippen LogP contribution is 2.13. The van der Waals surface area contributed by atoms with E-state index in [0.29, 0.717) is 0 Å². The first-order valence-electron chi connectivity index (χ1n) is 2.99. The van der Waals surface area contributed by atoms with Crippen molar-refractivity contribution < 1.29 is 9.21 Å². The number of aliphatic imine (C=N–C) groups is 1. The number of amides is 1. The molecule has 5 nitrogen and oxygen atoms in total. The van der Waals surface area contributed by atoms with Gasteiger partial charge in [-0.3, -0.25) is 4.79 Å². The summed E-state index contributed by atoms with van der Waals surface area (Å²) >= 11 is 5.41. The van der Waals surface area contributed by atoms with Gasteiger partial charge in [0.1, 0.15) is 0 Å². The number of halogens is 1. The molecule has 4 N–H and O–H groups in total. The second-order valence-corrected chi connectivity index (χ2v) is 2.32. The summed E-state index contributed by atoms with van der Waals surface area (Å²) in [5.74, 6) is -0.956. The summed E-state index contributed by atoms with van der Waals surface area (Å²) in [7, 11) is 0. The number of hydrogen-bond acceptors (Lipinski definition) is 2. The van der Waals surface area contributed by atoms with Gasteiger partial charge in [0, 0.05) is 0 Å². The van der Waals surface area contributed by atoms with Crippen LogP contribution in [0.5, 0.6) is 0 Å². The quantitative estimate of drug-likeness (QED) is 0.490. The van der Waals surface area contributed by atoms with E-state index in [1.165, 1.54) is 12.1 Å². The van der Waals surface area contributed by atoms with E-state index in [1.54, 1.807) is 0 Å². The molecule has 1 aromatic rings. The number of rotatable bonds is 1. The van der Waals surface area contributed by atoms with Crippen molar-refractivity contribution in [2.45, 2.75) is 0 Å². The minimum atomic E-state index is -0.651. The number of hydrogen-bond donors (Lipinski definition) is 2. The van der Waals surface area contributed by atoms with E-state index in [-0.39, 0.29) is 16.9 Å². The average molecular weight is 188 g/mol. The van der Waals surface area contributed by atoms with Crippen LogP contribution in [0, 0.1) is 0 Å². The zero-order valence-electron chi connectivity index (χ0n) is 5.95. The average Bonchev–Trinajstić information content (AvgIpc) is 2.34. The first-order chi connectivity index (χ1) is 5.59. The van der Waals surface area contributed by atoms with Crippen LogP contribution in [-0.2, 0) is 0 Å². The largest absolute Gasteiger partial charge is 0.439 e. The van der Waals surface area contributed by atoms with E-state index < -0.39 is 5.91 Å². The van der Waals surface area contributed by atoms with E-state index in [2.05, 4.69) is 4.99 Å². The minimum absolute atomic E-state index is 0.00778. The summed E-state index contributed by atoms with van der Waals surface area (Å²) < 4.78 is 4.74. The summed E-state index contributed by atoms with van der Waals surface area (Å²) in [5.41, 5.74) is 9.94. The Morgan fingerprint density at radius 2 is 2.17 bits per heavy atom. The molecule has 0 bridgehead atoms. The third kappa shape index (κ3) is 2.00. The Morgan fingerprint density at radius 1 is 1.50 bits per heavy atom. The standard InChI is InChI=1S/C6H6ClN3O2/c7-4-2-1-3(12-4)5(11)10-6(8)9/h1-2H,(H4,8,9,10,11). The molecule has 0 saturated heterocycles. The predicted molar refractivity (Wildman–Crippen MR) is 43.9 cm³/mol.